The number of amides is 3. The SMILES string of the molecule is O=C(N[C@H]1C[C@H]2C(=O)N[C@@H](Cc3c[nH]c4ccccc34)C(=O)N2C1)c1cccnc1Oc1ccc(Cl)cc1. The second-order valence-corrected chi connectivity index (χ2v) is 9.89. The third kappa shape index (κ3) is 4.56. The summed E-state index contributed by atoms with van der Waals surface area (Å²) in [5, 5.41) is 7.43. The van der Waals surface area contributed by atoms with Crippen molar-refractivity contribution >= 4 is 40.2 Å². The number of rotatable bonds is 6. The Hall–Kier alpha value is -4.37. The van der Waals surface area contributed by atoms with E-state index in [4.69, 9.17) is 16.3 Å². The van der Waals surface area contributed by atoms with Crippen LogP contribution in [-0.2, 0) is 16.0 Å². The Bertz CT molecular complexity index is 1540. The number of carbonyl (C=O) groups is 3. The van der Waals surface area contributed by atoms with Gasteiger partial charge < -0.3 is 25.3 Å². The number of hydrogen-bond acceptors (Lipinski definition) is 5. The summed E-state index contributed by atoms with van der Waals surface area (Å²) in [4.78, 5) is 48.5. The Kier molecular flexibility index (Phi) is 6.21. The van der Waals surface area contributed by atoms with Gasteiger partial charge in [-0.2, -0.15) is 0 Å². The first-order chi connectivity index (χ1) is 18.5. The Labute approximate surface area is 223 Å². The molecule has 2 aromatic heterocycles. The molecule has 3 amide bonds. The van der Waals surface area contributed by atoms with Crippen molar-refractivity contribution in [2.75, 3.05) is 6.54 Å². The number of aromatic amines is 1. The molecular weight excluding hydrogens is 506 g/mol. The number of ether oxygens (including phenoxy) is 1. The molecule has 3 N–H and O–H groups in total. The summed E-state index contributed by atoms with van der Waals surface area (Å²) in [6.45, 7) is 0.251. The fraction of sp³-hybridized carbons (Fsp3) is 0.214. The fourth-order valence-electron chi connectivity index (χ4n) is 5.14. The van der Waals surface area contributed by atoms with Gasteiger partial charge in [-0.05, 0) is 54.4 Å². The van der Waals surface area contributed by atoms with Crippen molar-refractivity contribution in [3.05, 3.63) is 89.2 Å². The highest BCUT2D eigenvalue weighted by atomic mass is 35.5. The maximum Gasteiger partial charge on any atom is 0.257 e. The number of nitrogens with one attached hydrogen (secondary N) is 3. The van der Waals surface area contributed by atoms with Crippen LogP contribution in [0.3, 0.4) is 0 Å². The maximum atomic E-state index is 13.3. The number of benzene rings is 2. The molecule has 6 rings (SSSR count). The van der Waals surface area contributed by atoms with E-state index in [1.807, 2.05) is 30.5 Å². The van der Waals surface area contributed by atoms with Gasteiger partial charge >= 0.3 is 0 Å². The second kappa shape index (κ2) is 9.83. The van der Waals surface area contributed by atoms with E-state index < -0.39 is 24.0 Å². The predicted molar refractivity (Wildman–Crippen MR) is 141 cm³/mol. The van der Waals surface area contributed by atoms with Crippen LogP contribution in [0.5, 0.6) is 11.6 Å². The summed E-state index contributed by atoms with van der Waals surface area (Å²) in [6, 6.07) is 16.2. The average Bonchev–Trinajstić information content (AvgIpc) is 3.54. The van der Waals surface area contributed by atoms with E-state index in [2.05, 4.69) is 20.6 Å². The quantitative estimate of drug-likeness (QED) is 0.354. The molecule has 3 atom stereocenters. The van der Waals surface area contributed by atoms with E-state index in [0.717, 1.165) is 16.5 Å². The van der Waals surface area contributed by atoms with Crippen molar-refractivity contribution in [3.63, 3.8) is 0 Å². The van der Waals surface area contributed by atoms with Gasteiger partial charge in [0.2, 0.25) is 17.7 Å². The molecule has 2 saturated heterocycles. The molecule has 0 unspecified atom stereocenters. The fourth-order valence-corrected chi connectivity index (χ4v) is 5.27. The van der Waals surface area contributed by atoms with Gasteiger partial charge in [0.05, 0.1) is 0 Å². The van der Waals surface area contributed by atoms with Crippen LogP contribution >= 0.6 is 11.6 Å². The van der Waals surface area contributed by atoms with Crippen LogP contribution in [0.4, 0.5) is 0 Å². The molecule has 0 bridgehead atoms. The number of nitrogens with zero attached hydrogens (tertiary/aromatic N) is 2. The summed E-state index contributed by atoms with van der Waals surface area (Å²) in [7, 11) is 0. The summed E-state index contributed by atoms with van der Waals surface area (Å²) < 4.78 is 5.81. The number of carbonyl (C=O) groups excluding carboxylic acids is 3. The van der Waals surface area contributed by atoms with Crippen LogP contribution in [0.25, 0.3) is 10.9 Å². The van der Waals surface area contributed by atoms with Crippen LogP contribution < -0.4 is 15.4 Å². The minimum atomic E-state index is -0.662. The smallest absolute Gasteiger partial charge is 0.257 e. The van der Waals surface area contributed by atoms with Crippen LogP contribution in [0, 0.1) is 0 Å². The molecule has 2 fully saturated rings. The molecule has 10 heteroatoms. The molecule has 4 aromatic rings. The van der Waals surface area contributed by atoms with Crippen LogP contribution in [0.1, 0.15) is 22.3 Å². The summed E-state index contributed by atoms with van der Waals surface area (Å²) in [6.07, 6.45) is 4.13. The Morgan fingerprint density at radius 1 is 1.11 bits per heavy atom. The summed E-state index contributed by atoms with van der Waals surface area (Å²) in [5.74, 6) is -0.112. The van der Waals surface area contributed by atoms with Gasteiger partial charge in [0, 0.05) is 47.3 Å². The molecule has 0 saturated carbocycles. The van der Waals surface area contributed by atoms with Gasteiger partial charge in [-0.25, -0.2) is 4.98 Å². The summed E-state index contributed by atoms with van der Waals surface area (Å²) in [5.41, 5.74) is 2.19. The van der Waals surface area contributed by atoms with Gasteiger partial charge in [0.1, 0.15) is 23.4 Å². The highest BCUT2D eigenvalue weighted by molar-refractivity contribution is 6.30. The first kappa shape index (κ1) is 24.0. The van der Waals surface area contributed by atoms with Crippen molar-refractivity contribution in [2.45, 2.75) is 31.0 Å². The lowest BCUT2D eigenvalue weighted by Crippen LogP contribution is -2.61. The first-order valence-electron chi connectivity index (χ1n) is 12.3. The van der Waals surface area contributed by atoms with E-state index in [1.54, 1.807) is 41.3 Å². The van der Waals surface area contributed by atoms with Crippen molar-refractivity contribution in [1.82, 2.24) is 25.5 Å². The lowest BCUT2D eigenvalue weighted by atomic mass is 10.0. The van der Waals surface area contributed by atoms with Gasteiger partial charge in [0.25, 0.3) is 5.91 Å². The third-order valence-corrected chi connectivity index (χ3v) is 7.23. The number of fused-ring (bicyclic) bond motifs is 2. The number of halogens is 1. The molecule has 2 aliphatic rings. The van der Waals surface area contributed by atoms with Crippen molar-refractivity contribution < 1.29 is 19.1 Å². The van der Waals surface area contributed by atoms with E-state index in [1.165, 1.54) is 6.20 Å². The molecule has 9 nitrogen and oxygen atoms in total. The molecular formula is C28H24ClN5O4. The normalized spacial score (nSPS) is 20.8. The van der Waals surface area contributed by atoms with E-state index in [0.29, 0.717) is 23.6 Å². The zero-order chi connectivity index (χ0) is 26.2. The number of aromatic nitrogens is 2. The minimum Gasteiger partial charge on any atom is -0.438 e. The number of para-hydroxylation sites is 1. The number of pyridine rings is 1. The number of H-pyrrole nitrogens is 1. The van der Waals surface area contributed by atoms with Crippen molar-refractivity contribution in [3.8, 4) is 11.6 Å². The van der Waals surface area contributed by atoms with Crippen molar-refractivity contribution in [1.29, 1.82) is 0 Å². The Morgan fingerprint density at radius 3 is 2.76 bits per heavy atom. The highest BCUT2D eigenvalue weighted by Gasteiger charge is 2.46. The zero-order valence-corrected chi connectivity index (χ0v) is 20.9. The molecule has 0 spiro atoms. The second-order valence-electron chi connectivity index (χ2n) is 9.45. The molecule has 0 radical (unpaired) electrons. The lowest BCUT2D eigenvalue weighted by molar-refractivity contribution is -0.146. The molecule has 192 valence electrons. The Balaban J connectivity index is 1.14. The monoisotopic (exact) mass is 529 g/mol. The largest absolute Gasteiger partial charge is 0.438 e. The zero-order valence-electron chi connectivity index (χ0n) is 20.2. The molecule has 0 aliphatic carbocycles. The van der Waals surface area contributed by atoms with Gasteiger partial charge in [0.15, 0.2) is 0 Å². The summed E-state index contributed by atoms with van der Waals surface area (Å²) >= 11 is 5.94. The topological polar surface area (TPSA) is 116 Å². The van der Waals surface area contributed by atoms with Crippen LogP contribution in [0.15, 0.2) is 73.1 Å². The molecule has 38 heavy (non-hydrogen) atoms. The van der Waals surface area contributed by atoms with Gasteiger partial charge in [-0.1, -0.05) is 29.8 Å². The minimum absolute atomic E-state index is 0.148. The molecule has 2 aromatic carbocycles. The molecule has 2 aliphatic heterocycles. The number of hydrogen-bond donors (Lipinski definition) is 3. The first-order valence-corrected chi connectivity index (χ1v) is 12.7. The van der Waals surface area contributed by atoms with Crippen molar-refractivity contribution in [2.24, 2.45) is 0 Å². The molecule has 4 heterocycles. The van der Waals surface area contributed by atoms with E-state index >= 15 is 0 Å². The Morgan fingerprint density at radius 2 is 1.92 bits per heavy atom. The highest BCUT2D eigenvalue weighted by Crippen LogP contribution is 2.28. The van der Waals surface area contributed by atoms with Crippen LogP contribution in [0.2, 0.25) is 5.02 Å². The predicted octanol–water partition coefficient (Wildman–Crippen LogP) is 3.45. The standard InChI is InChI=1S/C28H24ClN5O4/c29-17-7-9-19(10-8-17)38-27-21(5-3-11-30-27)25(35)32-18-13-24-26(36)33-23(28(37)34(24)15-18)12-16-14-31-22-6-2-1-4-20(16)22/h1-11,14,18,23-24,31H,12-13,15H2,(H,32,35)(H,33,36)/t18-,23-,24-/m0/s1. The van der Waals surface area contributed by atoms with E-state index in [9.17, 15) is 14.4 Å². The number of piperazine rings is 1. The third-order valence-electron chi connectivity index (χ3n) is 6.98. The van der Waals surface area contributed by atoms with E-state index in [-0.39, 0.29) is 29.8 Å². The van der Waals surface area contributed by atoms with Crippen LogP contribution in [-0.4, -0.2) is 57.3 Å². The van der Waals surface area contributed by atoms with Gasteiger partial charge in [-0.3, -0.25) is 14.4 Å². The average molecular weight is 530 g/mol. The van der Waals surface area contributed by atoms with Gasteiger partial charge in [-0.15, -0.1) is 0 Å². The lowest BCUT2D eigenvalue weighted by Gasteiger charge is -2.34. The maximum absolute atomic E-state index is 13.3.